The van der Waals surface area contributed by atoms with Crippen molar-refractivity contribution in [1.29, 1.82) is 0 Å². The molecule has 0 radical (unpaired) electrons. The van der Waals surface area contributed by atoms with Gasteiger partial charge in [0.1, 0.15) is 0 Å². The van der Waals surface area contributed by atoms with E-state index in [1.165, 1.54) is 37.8 Å². The van der Waals surface area contributed by atoms with Crippen LogP contribution in [0.15, 0.2) is 35.2 Å². The van der Waals surface area contributed by atoms with Gasteiger partial charge < -0.3 is 52.1 Å². The van der Waals surface area contributed by atoms with Gasteiger partial charge in [-0.25, -0.2) is 0 Å². The average Bonchev–Trinajstić information content (AvgIpc) is 3.13. The van der Waals surface area contributed by atoms with Crippen molar-refractivity contribution in [2.45, 2.75) is 43.9 Å². The number of unbranched alkanes of at least 4 members (excludes halogenated alkanes) is 4. The third-order valence-corrected chi connectivity index (χ3v) is 7.94. The lowest BCUT2D eigenvalue weighted by atomic mass is 10.2. The fourth-order valence-corrected chi connectivity index (χ4v) is 4.88. The van der Waals surface area contributed by atoms with E-state index in [1.54, 1.807) is 18.2 Å². The Morgan fingerprint density at radius 1 is 0.360 bits per heavy atom. The molecule has 0 aliphatic carbocycles. The predicted octanol–water partition coefficient (Wildman–Crippen LogP) is 3.54. The molecule has 0 bridgehead atoms. The van der Waals surface area contributed by atoms with Gasteiger partial charge in [0, 0.05) is 6.61 Å². The topological polar surface area (TPSA) is 145 Å². The van der Waals surface area contributed by atoms with Crippen molar-refractivity contribution in [3.8, 4) is 0 Å². The van der Waals surface area contributed by atoms with Gasteiger partial charge in [-0.3, -0.25) is 4.18 Å². The molecule has 0 aromatic heterocycles. The Bertz CT molecular complexity index is 910. The quantitative estimate of drug-likeness (QED) is 0.0713. The fraction of sp³-hybridized carbons (Fsp3) is 0.829. The van der Waals surface area contributed by atoms with Gasteiger partial charge in [-0.1, -0.05) is 50.8 Å². The molecule has 0 aliphatic rings. The molecular formula is C35H64O14S. The second kappa shape index (κ2) is 37.4. The van der Waals surface area contributed by atoms with Crippen LogP contribution in [0.2, 0.25) is 0 Å². The van der Waals surface area contributed by atoms with Gasteiger partial charge in [-0.05, 0) is 18.6 Å². The first-order valence-corrected chi connectivity index (χ1v) is 19.4. The van der Waals surface area contributed by atoms with E-state index in [0.29, 0.717) is 132 Å². The summed E-state index contributed by atoms with van der Waals surface area (Å²) in [5.41, 5.74) is 0. The highest BCUT2D eigenvalue weighted by atomic mass is 32.2. The monoisotopic (exact) mass is 740 g/mol. The Labute approximate surface area is 300 Å². The van der Waals surface area contributed by atoms with Gasteiger partial charge in [0.05, 0.1) is 150 Å². The normalized spacial score (nSPS) is 11.9. The van der Waals surface area contributed by atoms with Crippen LogP contribution in [0.1, 0.15) is 39.0 Å². The smallest absolute Gasteiger partial charge is 0.297 e. The Hall–Kier alpha value is -1.31. The average molecular weight is 741 g/mol. The van der Waals surface area contributed by atoms with Crippen LogP contribution in [-0.4, -0.2) is 160 Å². The maximum Gasteiger partial charge on any atom is 0.297 e. The Morgan fingerprint density at radius 3 is 0.960 bits per heavy atom. The highest BCUT2D eigenvalue weighted by molar-refractivity contribution is 7.86. The molecule has 0 spiro atoms. The second-order valence-corrected chi connectivity index (χ2v) is 12.4. The minimum Gasteiger partial charge on any atom is -0.379 e. The lowest BCUT2D eigenvalue weighted by molar-refractivity contribution is -0.0277. The lowest BCUT2D eigenvalue weighted by Crippen LogP contribution is -2.16. The number of benzene rings is 1. The SMILES string of the molecule is CCCCCCCOCCOCCOCCOCCOCCOCCOCCOCCOCCOCCOCCOS(=O)(=O)c1ccccc1. The van der Waals surface area contributed by atoms with Crippen LogP contribution < -0.4 is 0 Å². The third kappa shape index (κ3) is 32.6. The molecule has 0 aliphatic heterocycles. The fourth-order valence-electron chi connectivity index (χ4n) is 3.97. The number of rotatable bonds is 41. The van der Waals surface area contributed by atoms with Crippen molar-refractivity contribution in [2.24, 2.45) is 0 Å². The Balaban J connectivity index is 1.64. The summed E-state index contributed by atoms with van der Waals surface area (Å²) in [5.74, 6) is 0. The predicted molar refractivity (Wildman–Crippen MR) is 187 cm³/mol. The Kier molecular flexibility index (Phi) is 35.0. The van der Waals surface area contributed by atoms with Crippen molar-refractivity contribution in [3.05, 3.63) is 30.3 Å². The van der Waals surface area contributed by atoms with Crippen LogP contribution in [0.3, 0.4) is 0 Å². The summed E-state index contributed by atoms with van der Waals surface area (Å²) < 4.78 is 89.0. The number of hydrogen-bond donors (Lipinski definition) is 0. The molecule has 0 saturated heterocycles. The van der Waals surface area contributed by atoms with Crippen LogP contribution in [-0.2, 0) is 66.4 Å². The minimum atomic E-state index is -3.76. The molecule has 0 heterocycles. The minimum absolute atomic E-state index is 0.0576. The maximum atomic E-state index is 12.0. The van der Waals surface area contributed by atoms with E-state index in [1.807, 2.05) is 0 Å². The van der Waals surface area contributed by atoms with Gasteiger partial charge in [0.15, 0.2) is 0 Å². The van der Waals surface area contributed by atoms with Crippen LogP contribution in [0.5, 0.6) is 0 Å². The van der Waals surface area contributed by atoms with Crippen molar-refractivity contribution < 1.29 is 64.7 Å². The van der Waals surface area contributed by atoms with Crippen LogP contribution >= 0.6 is 0 Å². The lowest BCUT2D eigenvalue weighted by Gasteiger charge is -2.09. The molecule has 1 aromatic rings. The molecular weight excluding hydrogens is 676 g/mol. The molecule has 0 unspecified atom stereocenters. The molecule has 1 aromatic carbocycles. The first kappa shape index (κ1) is 46.7. The van der Waals surface area contributed by atoms with E-state index < -0.39 is 10.1 Å². The summed E-state index contributed by atoms with van der Waals surface area (Å²) in [7, 11) is -3.76. The number of ether oxygens (including phenoxy) is 11. The zero-order chi connectivity index (χ0) is 35.9. The van der Waals surface area contributed by atoms with Gasteiger partial charge in [0.2, 0.25) is 0 Å². The van der Waals surface area contributed by atoms with E-state index in [4.69, 9.17) is 56.3 Å². The molecule has 294 valence electrons. The van der Waals surface area contributed by atoms with E-state index in [0.717, 1.165) is 13.0 Å². The maximum absolute atomic E-state index is 12.0. The molecule has 0 saturated carbocycles. The van der Waals surface area contributed by atoms with Crippen LogP contribution in [0.4, 0.5) is 0 Å². The van der Waals surface area contributed by atoms with Gasteiger partial charge in [0.25, 0.3) is 10.1 Å². The highest BCUT2D eigenvalue weighted by Crippen LogP contribution is 2.10. The summed E-state index contributed by atoms with van der Waals surface area (Å²) in [6.07, 6.45) is 6.25. The molecule has 0 atom stereocenters. The van der Waals surface area contributed by atoms with Crippen molar-refractivity contribution in [1.82, 2.24) is 0 Å². The molecule has 15 heteroatoms. The molecule has 50 heavy (non-hydrogen) atoms. The molecule has 0 N–H and O–H groups in total. The van der Waals surface area contributed by atoms with E-state index in [9.17, 15) is 8.42 Å². The van der Waals surface area contributed by atoms with Crippen molar-refractivity contribution >= 4 is 10.1 Å². The summed E-state index contributed by atoms with van der Waals surface area (Å²) >= 11 is 0. The zero-order valence-electron chi connectivity index (χ0n) is 30.3. The summed E-state index contributed by atoms with van der Waals surface area (Å²) in [5, 5.41) is 0. The third-order valence-electron chi connectivity index (χ3n) is 6.61. The first-order chi connectivity index (χ1) is 24.7. The Morgan fingerprint density at radius 2 is 0.640 bits per heavy atom. The first-order valence-electron chi connectivity index (χ1n) is 18.0. The summed E-state index contributed by atoms with van der Waals surface area (Å²) in [6.45, 7) is 13.0. The zero-order valence-corrected chi connectivity index (χ0v) is 31.1. The van der Waals surface area contributed by atoms with Gasteiger partial charge >= 0.3 is 0 Å². The van der Waals surface area contributed by atoms with E-state index in [-0.39, 0.29) is 18.1 Å². The molecule has 1 rings (SSSR count). The van der Waals surface area contributed by atoms with Crippen LogP contribution in [0, 0.1) is 0 Å². The van der Waals surface area contributed by atoms with Crippen molar-refractivity contribution in [3.63, 3.8) is 0 Å². The van der Waals surface area contributed by atoms with E-state index >= 15 is 0 Å². The summed E-state index contributed by atoms with van der Waals surface area (Å²) in [6, 6.07) is 7.99. The summed E-state index contributed by atoms with van der Waals surface area (Å²) in [4.78, 5) is 0.121. The standard InChI is InChI=1S/C35H64O14S/c1-2-3-4-5-9-12-38-13-14-39-15-16-40-17-18-41-19-20-42-21-22-43-23-24-44-25-26-45-27-28-46-29-30-47-31-32-48-33-34-49-50(36,37)35-10-7-6-8-11-35/h6-8,10-11H,2-5,9,12-34H2,1H3. The molecule has 14 nitrogen and oxygen atoms in total. The highest BCUT2D eigenvalue weighted by Gasteiger charge is 2.13. The number of hydrogen-bond acceptors (Lipinski definition) is 14. The van der Waals surface area contributed by atoms with Gasteiger partial charge in [-0.2, -0.15) is 8.42 Å². The van der Waals surface area contributed by atoms with Crippen molar-refractivity contribution in [2.75, 3.05) is 152 Å². The van der Waals surface area contributed by atoms with Crippen LogP contribution in [0.25, 0.3) is 0 Å². The van der Waals surface area contributed by atoms with E-state index in [2.05, 4.69) is 6.92 Å². The second-order valence-electron chi connectivity index (χ2n) is 10.7. The van der Waals surface area contributed by atoms with Gasteiger partial charge in [-0.15, -0.1) is 0 Å². The molecule has 0 fully saturated rings. The largest absolute Gasteiger partial charge is 0.379 e. The molecule has 0 amide bonds.